The maximum absolute atomic E-state index is 12.4. The van der Waals surface area contributed by atoms with Crippen LogP contribution in [-0.4, -0.2) is 57.3 Å². The number of hydrogen-bond acceptors (Lipinski definition) is 4. The molecule has 0 unspecified atom stereocenters. The molecule has 22 heavy (non-hydrogen) atoms. The molecule has 0 atom stereocenters. The third-order valence-corrected chi connectivity index (χ3v) is 5.27. The van der Waals surface area contributed by atoms with Crippen LogP contribution in [0.3, 0.4) is 0 Å². The second kappa shape index (κ2) is 7.21. The second-order valence-electron chi connectivity index (χ2n) is 6.19. The number of nitrogens with zero attached hydrogens (tertiary/aromatic N) is 2. The van der Waals surface area contributed by atoms with Crippen LogP contribution in [0, 0.1) is 5.41 Å². The second-order valence-corrected chi connectivity index (χ2v) is 8.24. The van der Waals surface area contributed by atoms with Gasteiger partial charge in [-0.05, 0) is 24.1 Å². The molecule has 7 heteroatoms. The molecule has 1 aromatic rings. The fourth-order valence-corrected chi connectivity index (χ4v) is 3.10. The van der Waals surface area contributed by atoms with E-state index >= 15 is 0 Å². The molecule has 0 spiro atoms. The summed E-state index contributed by atoms with van der Waals surface area (Å²) in [4.78, 5) is 13.9. The number of carbonyl (C=O) groups excluding carboxylic acids is 1. The van der Waals surface area contributed by atoms with Crippen LogP contribution in [0.25, 0.3) is 0 Å². The van der Waals surface area contributed by atoms with Gasteiger partial charge in [-0.1, -0.05) is 32.0 Å². The van der Waals surface area contributed by atoms with Gasteiger partial charge in [0.2, 0.25) is 15.9 Å². The van der Waals surface area contributed by atoms with Crippen molar-refractivity contribution in [3.63, 3.8) is 0 Å². The fourth-order valence-electron chi connectivity index (χ4n) is 1.96. The highest BCUT2D eigenvalue weighted by atomic mass is 32.2. The normalized spacial score (nSPS) is 12.5. The van der Waals surface area contributed by atoms with Crippen molar-refractivity contribution in [2.75, 3.05) is 33.7 Å². The standard InChI is InChI=1S/C15H25N3O3S/c1-15(2,11-16)12-17(3)14(19)10-18(4)22(20,21)13-8-6-5-7-9-13/h5-9H,10-12,16H2,1-4H3. The Balaban J connectivity index is 2.76. The van der Waals surface area contributed by atoms with Gasteiger partial charge in [-0.25, -0.2) is 8.42 Å². The third kappa shape index (κ3) is 4.79. The summed E-state index contributed by atoms with van der Waals surface area (Å²) in [5.41, 5.74) is 5.45. The smallest absolute Gasteiger partial charge is 0.243 e. The summed E-state index contributed by atoms with van der Waals surface area (Å²) in [5.74, 6) is -0.261. The zero-order valence-electron chi connectivity index (χ0n) is 13.6. The first-order valence-corrected chi connectivity index (χ1v) is 8.49. The van der Waals surface area contributed by atoms with E-state index in [4.69, 9.17) is 5.73 Å². The molecule has 2 N–H and O–H groups in total. The van der Waals surface area contributed by atoms with E-state index in [1.165, 1.54) is 24.1 Å². The Morgan fingerprint density at radius 3 is 2.23 bits per heavy atom. The van der Waals surface area contributed by atoms with Gasteiger partial charge in [0.05, 0.1) is 11.4 Å². The molecule has 6 nitrogen and oxygen atoms in total. The number of nitrogens with two attached hydrogens (primary N) is 1. The number of likely N-dealkylation sites (N-methyl/N-ethyl adjacent to an activating group) is 2. The van der Waals surface area contributed by atoms with Gasteiger partial charge in [0, 0.05) is 20.6 Å². The molecule has 1 rings (SSSR count). The minimum atomic E-state index is -3.66. The lowest BCUT2D eigenvalue weighted by atomic mass is 9.93. The Bertz CT molecular complexity index is 600. The first kappa shape index (κ1) is 18.6. The lowest BCUT2D eigenvalue weighted by molar-refractivity contribution is -0.131. The molecule has 0 bridgehead atoms. The highest BCUT2D eigenvalue weighted by molar-refractivity contribution is 7.89. The van der Waals surface area contributed by atoms with Crippen LogP contribution in [0.1, 0.15) is 13.8 Å². The zero-order chi connectivity index (χ0) is 17.0. The van der Waals surface area contributed by atoms with Gasteiger partial charge >= 0.3 is 0 Å². The van der Waals surface area contributed by atoms with E-state index < -0.39 is 10.0 Å². The van der Waals surface area contributed by atoms with Crippen molar-refractivity contribution < 1.29 is 13.2 Å². The van der Waals surface area contributed by atoms with Crippen molar-refractivity contribution in [2.45, 2.75) is 18.7 Å². The van der Waals surface area contributed by atoms with Gasteiger partial charge in [-0.3, -0.25) is 4.79 Å². The van der Waals surface area contributed by atoms with Crippen LogP contribution in [0.2, 0.25) is 0 Å². The summed E-state index contributed by atoms with van der Waals surface area (Å²) in [5, 5.41) is 0. The molecule has 0 heterocycles. The van der Waals surface area contributed by atoms with E-state index in [0.717, 1.165) is 4.31 Å². The van der Waals surface area contributed by atoms with Gasteiger partial charge in [0.25, 0.3) is 0 Å². The summed E-state index contributed by atoms with van der Waals surface area (Å²) in [6.07, 6.45) is 0. The Morgan fingerprint density at radius 2 is 1.73 bits per heavy atom. The van der Waals surface area contributed by atoms with Crippen molar-refractivity contribution in [1.29, 1.82) is 0 Å². The average molecular weight is 327 g/mol. The van der Waals surface area contributed by atoms with Crippen molar-refractivity contribution in [3.8, 4) is 0 Å². The predicted octanol–water partition coefficient (Wildman–Crippen LogP) is 0.750. The quantitative estimate of drug-likeness (QED) is 0.801. The van der Waals surface area contributed by atoms with Crippen LogP contribution >= 0.6 is 0 Å². The summed E-state index contributed by atoms with van der Waals surface area (Å²) >= 11 is 0. The molecule has 124 valence electrons. The molecular formula is C15H25N3O3S. The number of rotatable bonds is 7. The SMILES string of the molecule is CN(CC(C)(C)CN)C(=O)CN(C)S(=O)(=O)c1ccccc1. The van der Waals surface area contributed by atoms with Crippen LogP contribution in [0.4, 0.5) is 0 Å². The van der Waals surface area contributed by atoms with Gasteiger partial charge < -0.3 is 10.6 Å². The average Bonchev–Trinajstić information content (AvgIpc) is 2.47. The van der Waals surface area contributed by atoms with Crippen molar-refractivity contribution in [2.24, 2.45) is 11.1 Å². The first-order chi connectivity index (χ1) is 10.1. The number of hydrogen-bond donors (Lipinski definition) is 1. The first-order valence-electron chi connectivity index (χ1n) is 7.05. The van der Waals surface area contributed by atoms with Gasteiger partial charge in [0.15, 0.2) is 0 Å². The summed E-state index contributed by atoms with van der Waals surface area (Å²) < 4.78 is 25.8. The molecule has 0 saturated carbocycles. The number of sulfonamides is 1. The van der Waals surface area contributed by atoms with Gasteiger partial charge in [-0.2, -0.15) is 4.31 Å². The molecule has 0 aliphatic heterocycles. The van der Waals surface area contributed by atoms with E-state index in [9.17, 15) is 13.2 Å². The third-order valence-electron chi connectivity index (χ3n) is 3.45. The Labute approximate surface area is 132 Å². The molecule has 0 fully saturated rings. The molecule has 0 aliphatic carbocycles. The lowest BCUT2D eigenvalue weighted by Crippen LogP contribution is -2.44. The van der Waals surface area contributed by atoms with E-state index in [-0.39, 0.29) is 22.8 Å². The van der Waals surface area contributed by atoms with E-state index in [1.807, 2.05) is 13.8 Å². The minimum Gasteiger partial charge on any atom is -0.344 e. The molecule has 0 saturated heterocycles. The van der Waals surface area contributed by atoms with Gasteiger partial charge in [-0.15, -0.1) is 0 Å². The van der Waals surface area contributed by atoms with E-state index in [1.54, 1.807) is 25.2 Å². The highest BCUT2D eigenvalue weighted by Gasteiger charge is 2.26. The highest BCUT2D eigenvalue weighted by Crippen LogP contribution is 2.16. The lowest BCUT2D eigenvalue weighted by Gasteiger charge is -2.30. The van der Waals surface area contributed by atoms with Crippen LogP contribution in [0.5, 0.6) is 0 Å². The zero-order valence-corrected chi connectivity index (χ0v) is 14.4. The van der Waals surface area contributed by atoms with E-state index in [2.05, 4.69) is 0 Å². The summed E-state index contributed by atoms with van der Waals surface area (Å²) in [6.45, 7) is 4.64. The Kier molecular flexibility index (Phi) is 6.10. The molecule has 1 aromatic carbocycles. The number of carbonyl (C=O) groups is 1. The topological polar surface area (TPSA) is 83.7 Å². The minimum absolute atomic E-state index is 0.176. The fraction of sp³-hybridized carbons (Fsp3) is 0.533. The Hall–Kier alpha value is -1.44. The van der Waals surface area contributed by atoms with Gasteiger partial charge in [0.1, 0.15) is 0 Å². The van der Waals surface area contributed by atoms with Crippen LogP contribution in [0.15, 0.2) is 35.2 Å². The largest absolute Gasteiger partial charge is 0.344 e. The summed E-state index contributed by atoms with van der Waals surface area (Å²) in [6, 6.07) is 8.07. The summed E-state index contributed by atoms with van der Waals surface area (Å²) in [7, 11) is -0.595. The van der Waals surface area contributed by atoms with Crippen LogP contribution in [-0.2, 0) is 14.8 Å². The van der Waals surface area contributed by atoms with E-state index in [0.29, 0.717) is 13.1 Å². The maximum Gasteiger partial charge on any atom is 0.243 e. The predicted molar refractivity (Wildman–Crippen MR) is 86.7 cm³/mol. The van der Waals surface area contributed by atoms with Crippen molar-refractivity contribution in [1.82, 2.24) is 9.21 Å². The van der Waals surface area contributed by atoms with Crippen molar-refractivity contribution >= 4 is 15.9 Å². The monoisotopic (exact) mass is 327 g/mol. The Morgan fingerprint density at radius 1 is 1.18 bits per heavy atom. The molecular weight excluding hydrogens is 302 g/mol. The van der Waals surface area contributed by atoms with Crippen molar-refractivity contribution in [3.05, 3.63) is 30.3 Å². The molecule has 0 radical (unpaired) electrons. The molecule has 0 aliphatic rings. The number of benzene rings is 1. The number of amides is 1. The maximum atomic E-state index is 12.4. The molecule has 0 aromatic heterocycles. The van der Waals surface area contributed by atoms with Crippen LogP contribution < -0.4 is 5.73 Å². The molecule has 1 amide bonds.